The van der Waals surface area contributed by atoms with Gasteiger partial charge in [-0.2, -0.15) is 5.10 Å². The van der Waals surface area contributed by atoms with Gasteiger partial charge in [0.2, 0.25) is 11.8 Å². The SMILES string of the molecule is CCN(CC)C(=O)CCC(=O)N1CCC(c2ccccc2)=N1. The molecule has 0 radical (unpaired) electrons. The fourth-order valence-corrected chi connectivity index (χ4v) is 2.55. The van der Waals surface area contributed by atoms with Gasteiger partial charge in [0.25, 0.3) is 0 Å². The van der Waals surface area contributed by atoms with Crippen LogP contribution in [0, 0.1) is 0 Å². The van der Waals surface area contributed by atoms with Gasteiger partial charge in [-0.1, -0.05) is 30.3 Å². The molecular weight excluding hydrogens is 278 g/mol. The molecule has 0 spiro atoms. The van der Waals surface area contributed by atoms with Crippen molar-refractivity contribution in [1.82, 2.24) is 9.91 Å². The van der Waals surface area contributed by atoms with Crippen LogP contribution in [0.1, 0.15) is 38.7 Å². The highest BCUT2D eigenvalue weighted by Crippen LogP contribution is 2.15. The molecule has 0 saturated carbocycles. The molecule has 0 fully saturated rings. The lowest BCUT2D eigenvalue weighted by molar-refractivity contribution is -0.136. The molecule has 2 amide bonds. The van der Waals surface area contributed by atoms with Gasteiger partial charge in [-0.15, -0.1) is 0 Å². The van der Waals surface area contributed by atoms with Gasteiger partial charge >= 0.3 is 0 Å². The maximum Gasteiger partial charge on any atom is 0.243 e. The van der Waals surface area contributed by atoms with Crippen LogP contribution in [0.4, 0.5) is 0 Å². The third kappa shape index (κ3) is 3.93. The topological polar surface area (TPSA) is 53.0 Å². The minimum atomic E-state index is -0.0774. The first-order valence-corrected chi connectivity index (χ1v) is 7.86. The molecule has 0 bridgehead atoms. The second-order valence-electron chi connectivity index (χ2n) is 5.25. The van der Waals surface area contributed by atoms with Gasteiger partial charge in [0.15, 0.2) is 0 Å². The van der Waals surface area contributed by atoms with E-state index < -0.39 is 0 Å². The minimum absolute atomic E-state index is 0.0322. The number of nitrogens with zero attached hydrogens (tertiary/aromatic N) is 3. The highest BCUT2D eigenvalue weighted by Gasteiger charge is 2.22. The zero-order valence-corrected chi connectivity index (χ0v) is 13.3. The Hall–Kier alpha value is -2.17. The van der Waals surface area contributed by atoms with E-state index in [1.807, 2.05) is 44.2 Å². The Balaban J connectivity index is 1.89. The molecule has 5 heteroatoms. The monoisotopic (exact) mass is 301 g/mol. The van der Waals surface area contributed by atoms with Crippen LogP contribution in [0.3, 0.4) is 0 Å². The number of hydrazone groups is 1. The summed E-state index contributed by atoms with van der Waals surface area (Å²) in [6, 6.07) is 9.88. The molecule has 0 saturated heterocycles. The van der Waals surface area contributed by atoms with Crippen LogP contribution in [0.25, 0.3) is 0 Å². The third-order valence-corrected chi connectivity index (χ3v) is 3.87. The van der Waals surface area contributed by atoms with Crippen LogP contribution < -0.4 is 0 Å². The van der Waals surface area contributed by atoms with Gasteiger partial charge in [0.1, 0.15) is 0 Å². The van der Waals surface area contributed by atoms with Crippen molar-refractivity contribution in [1.29, 1.82) is 0 Å². The van der Waals surface area contributed by atoms with E-state index in [9.17, 15) is 9.59 Å². The number of hydrogen-bond donors (Lipinski definition) is 0. The summed E-state index contributed by atoms with van der Waals surface area (Å²) in [5.74, 6) is -0.0451. The highest BCUT2D eigenvalue weighted by molar-refractivity contribution is 6.02. The van der Waals surface area contributed by atoms with Crippen LogP contribution >= 0.6 is 0 Å². The van der Waals surface area contributed by atoms with Gasteiger partial charge in [0, 0.05) is 32.4 Å². The van der Waals surface area contributed by atoms with Gasteiger partial charge < -0.3 is 4.90 Å². The summed E-state index contributed by atoms with van der Waals surface area (Å²) >= 11 is 0. The molecule has 0 atom stereocenters. The average Bonchev–Trinajstić information content (AvgIpc) is 3.04. The molecule has 2 rings (SSSR count). The predicted molar refractivity (Wildman–Crippen MR) is 86.5 cm³/mol. The number of amides is 2. The number of carbonyl (C=O) groups excluding carboxylic acids is 2. The van der Waals surface area contributed by atoms with Crippen molar-refractivity contribution in [2.45, 2.75) is 33.1 Å². The van der Waals surface area contributed by atoms with Crippen molar-refractivity contribution in [2.75, 3.05) is 19.6 Å². The Morgan fingerprint density at radius 1 is 1.14 bits per heavy atom. The lowest BCUT2D eigenvalue weighted by Gasteiger charge is -2.19. The maximum absolute atomic E-state index is 12.2. The Bertz CT molecular complexity index is 550. The highest BCUT2D eigenvalue weighted by atomic mass is 16.2. The maximum atomic E-state index is 12.2. The lowest BCUT2D eigenvalue weighted by Crippen LogP contribution is -2.32. The van der Waals surface area contributed by atoms with E-state index >= 15 is 0 Å². The molecule has 22 heavy (non-hydrogen) atoms. The van der Waals surface area contributed by atoms with Crippen molar-refractivity contribution in [3.05, 3.63) is 35.9 Å². The fourth-order valence-electron chi connectivity index (χ4n) is 2.55. The summed E-state index contributed by atoms with van der Waals surface area (Å²) in [4.78, 5) is 25.8. The molecule has 0 N–H and O–H groups in total. The van der Waals surface area contributed by atoms with Crippen LogP contribution in [-0.2, 0) is 9.59 Å². The van der Waals surface area contributed by atoms with Crippen molar-refractivity contribution >= 4 is 17.5 Å². The number of rotatable bonds is 6. The minimum Gasteiger partial charge on any atom is -0.343 e. The van der Waals surface area contributed by atoms with Crippen LogP contribution in [0.15, 0.2) is 35.4 Å². The zero-order valence-electron chi connectivity index (χ0n) is 13.3. The molecule has 5 nitrogen and oxygen atoms in total. The second kappa shape index (κ2) is 7.73. The molecule has 1 heterocycles. The summed E-state index contributed by atoms with van der Waals surface area (Å²) in [6.07, 6.45) is 1.24. The molecule has 1 aromatic rings. The average molecular weight is 301 g/mol. The summed E-state index contributed by atoms with van der Waals surface area (Å²) in [5.41, 5.74) is 1.99. The number of hydrogen-bond acceptors (Lipinski definition) is 3. The smallest absolute Gasteiger partial charge is 0.243 e. The Kier molecular flexibility index (Phi) is 5.69. The fraction of sp³-hybridized carbons (Fsp3) is 0.471. The predicted octanol–water partition coefficient (Wildman–Crippen LogP) is 2.27. The van der Waals surface area contributed by atoms with E-state index in [-0.39, 0.29) is 24.7 Å². The summed E-state index contributed by atoms with van der Waals surface area (Å²) < 4.78 is 0. The Morgan fingerprint density at radius 2 is 1.82 bits per heavy atom. The van der Waals surface area contributed by atoms with Crippen LogP contribution in [-0.4, -0.2) is 47.1 Å². The van der Waals surface area contributed by atoms with Crippen LogP contribution in [0.5, 0.6) is 0 Å². The summed E-state index contributed by atoms with van der Waals surface area (Å²) in [7, 11) is 0. The van der Waals surface area contributed by atoms with Crippen molar-refractivity contribution < 1.29 is 9.59 Å². The first-order valence-electron chi connectivity index (χ1n) is 7.86. The standard InChI is InChI=1S/C17H23N3O2/c1-3-19(4-2)16(21)10-11-17(22)20-13-12-15(18-20)14-8-6-5-7-9-14/h5-9H,3-4,10-13H2,1-2H3. The Morgan fingerprint density at radius 3 is 2.45 bits per heavy atom. The van der Waals surface area contributed by atoms with Gasteiger partial charge in [-0.25, -0.2) is 5.01 Å². The molecule has 1 aliphatic heterocycles. The molecule has 0 aromatic heterocycles. The van der Waals surface area contributed by atoms with E-state index in [1.54, 1.807) is 4.90 Å². The molecule has 0 unspecified atom stereocenters. The van der Waals surface area contributed by atoms with Gasteiger partial charge in [0.05, 0.1) is 12.3 Å². The quantitative estimate of drug-likeness (QED) is 0.809. The number of benzene rings is 1. The third-order valence-electron chi connectivity index (χ3n) is 3.87. The van der Waals surface area contributed by atoms with Crippen molar-refractivity contribution in [3.8, 4) is 0 Å². The lowest BCUT2D eigenvalue weighted by atomic mass is 10.1. The van der Waals surface area contributed by atoms with E-state index in [2.05, 4.69) is 5.10 Å². The molecule has 1 aliphatic rings. The van der Waals surface area contributed by atoms with Gasteiger partial charge in [-0.3, -0.25) is 9.59 Å². The first-order chi connectivity index (χ1) is 10.7. The normalized spacial score (nSPS) is 13.9. The van der Waals surface area contributed by atoms with Crippen molar-refractivity contribution in [3.63, 3.8) is 0 Å². The number of carbonyl (C=O) groups is 2. The van der Waals surface area contributed by atoms with Crippen molar-refractivity contribution in [2.24, 2.45) is 5.10 Å². The van der Waals surface area contributed by atoms with E-state index in [0.29, 0.717) is 19.6 Å². The summed E-state index contributed by atoms with van der Waals surface area (Å²) in [6.45, 7) is 5.86. The first kappa shape index (κ1) is 16.2. The van der Waals surface area contributed by atoms with E-state index in [4.69, 9.17) is 0 Å². The largest absolute Gasteiger partial charge is 0.343 e. The molecule has 0 aliphatic carbocycles. The summed E-state index contributed by atoms with van der Waals surface area (Å²) in [5, 5.41) is 5.89. The Labute approximate surface area is 131 Å². The van der Waals surface area contributed by atoms with Crippen LogP contribution in [0.2, 0.25) is 0 Å². The molecular formula is C17H23N3O2. The molecule has 1 aromatic carbocycles. The van der Waals surface area contributed by atoms with E-state index in [1.165, 1.54) is 5.01 Å². The zero-order chi connectivity index (χ0) is 15.9. The second-order valence-corrected chi connectivity index (χ2v) is 5.25. The van der Waals surface area contributed by atoms with Gasteiger partial charge in [-0.05, 0) is 19.4 Å². The molecule has 118 valence electrons. The van der Waals surface area contributed by atoms with E-state index in [0.717, 1.165) is 17.7 Å².